The largest absolute Gasteiger partial charge is 0.424 e. The number of rotatable bonds is 3. The van der Waals surface area contributed by atoms with Crippen LogP contribution in [0.2, 0.25) is 0 Å². The zero-order chi connectivity index (χ0) is 24.1. The topological polar surface area (TPSA) is 82.1 Å². The van der Waals surface area contributed by atoms with Gasteiger partial charge in [-0.15, -0.1) is 10.2 Å². The molecule has 7 nitrogen and oxygen atoms in total. The lowest BCUT2D eigenvalue weighted by Crippen LogP contribution is -2.50. The van der Waals surface area contributed by atoms with E-state index < -0.39 is 17.0 Å². The fourth-order valence-corrected chi connectivity index (χ4v) is 6.87. The highest BCUT2D eigenvalue weighted by molar-refractivity contribution is 5.95. The fourth-order valence-electron chi connectivity index (χ4n) is 6.87. The van der Waals surface area contributed by atoms with Crippen molar-refractivity contribution < 1.29 is 17.6 Å². The molecular formula is C25H23F3N6O. The van der Waals surface area contributed by atoms with E-state index in [2.05, 4.69) is 26.2 Å². The van der Waals surface area contributed by atoms with Crippen LogP contribution in [0.4, 0.5) is 18.9 Å². The summed E-state index contributed by atoms with van der Waals surface area (Å²) in [6.07, 6.45) is -0.157. The zero-order valence-corrected chi connectivity index (χ0v) is 19.0. The minimum absolute atomic E-state index is 0.0468. The van der Waals surface area contributed by atoms with Crippen LogP contribution in [-0.2, 0) is 10.8 Å². The van der Waals surface area contributed by atoms with Crippen LogP contribution in [0.5, 0.6) is 0 Å². The summed E-state index contributed by atoms with van der Waals surface area (Å²) in [7, 11) is 0. The van der Waals surface area contributed by atoms with Crippen molar-refractivity contribution in [2.45, 2.75) is 42.7 Å². The van der Waals surface area contributed by atoms with Crippen LogP contribution in [0.1, 0.15) is 43.0 Å². The average Bonchev–Trinajstić information content (AvgIpc) is 3.19. The SMILES string of the molecule is N#Cc1ccc(N2C[C@]3(c4nnc(C56CCN(CC5)CC6)o4)C[C@]3(C(F)(F)F)C2)c2cccnc12. The smallest absolute Gasteiger partial charge is 0.397 e. The molecule has 3 aromatic rings. The quantitative estimate of drug-likeness (QED) is 0.562. The van der Waals surface area contributed by atoms with E-state index in [0.717, 1.165) is 38.9 Å². The first-order chi connectivity index (χ1) is 16.8. The fraction of sp³-hybridized carbons (Fsp3) is 0.520. The lowest BCUT2D eigenvalue weighted by atomic mass is 9.72. The van der Waals surface area contributed by atoms with Gasteiger partial charge in [0.2, 0.25) is 11.8 Å². The standard InChI is InChI=1S/C25H23F3N6O/c26-25(27,28)24-13-23(24,21-32-31-20(35-21)22-5-9-33(10-6-22)11-7-22)14-34(15-24)18-4-3-16(12-29)19-17(18)2-1-8-30-19/h1-4,8H,5-7,9-11,13-15H2/t23-,24-/m0/s1. The third-order valence-electron chi connectivity index (χ3n) is 9.07. The van der Waals surface area contributed by atoms with Crippen molar-refractivity contribution in [2.75, 3.05) is 37.6 Å². The Kier molecular flexibility index (Phi) is 4.06. The van der Waals surface area contributed by atoms with Gasteiger partial charge in [0.25, 0.3) is 0 Å². The van der Waals surface area contributed by atoms with Crippen molar-refractivity contribution in [1.82, 2.24) is 20.1 Å². The Bertz CT molecular complexity index is 1370. The third-order valence-corrected chi connectivity index (χ3v) is 9.07. The molecule has 0 spiro atoms. The van der Waals surface area contributed by atoms with E-state index in [0.29, 0.717) is 28.0 Å². The van der Waals surface area contributed by atoms with Crippen LogP contribution in [0.25, 0.3) is 10.9 Å². The van der Waals surface area contributed by atoms with E-state index in [1.165, 1.54) is 0 Å². The average molecular weight is 480 g/mol. The van der Waals surface area contributed by atoms with Gasteiger partial charge < -0.3 is 14.2 Å². The molecule has 0 unspecified atom stereocenters. The third kappa shape index (κ3) is 2.67. The molecule has 0 amide bonds. The number of fused-ring (bicyclic) bond motifs is 5. The molecule has 2 aromatic heterocycles. The summed E-state index contributed by atoms with van der Waals surface area (Å²) in [5, 5.41) is 18.7. The van der Waals surface area contributed by atoms with Gasteiger partial charge in [-0.3, -0.25) is 4.98 Å². The number of halogens is 3. The second kappa shape index (κ2) is 6.72. The van der Waals surface area contributed by atoms with Crippen molar-refractivity contribution in [3.8, 4) is 6.07 Å². The Morgan fingerprint density at radius 2 is 1.74 bits per heavy atom. The van der Waals surface area contributed by atoms with Crippen molar-refractivity contribution in [2.24, 2.45) is 5.41 Å². The number of aromatic nitrogens is 3. The van der Waals surface area contributed by atoms with Gasteiger partial charge in [0.15, 0.2) is 0 Å². The van der Waals surface area contributed by atoms with Gasteiger partial charge in [0.1, 0.15) is 11.5 Å². The summed E-state index contributed by atoms with van der Waals surface area (Å²) in [4.78, 5) is 8.47. The summed E-state index contributed by atoms with van der Waals surface area (Å²) in [6, 6.07) is 9.00. The Balaban J connectivity index is 1.29. The van der Waals surface area contributed by atoms with Crippen LogP contribution in [0, 0.1) is 16.7 Å². The minimum atomic E-state index is -4.41. The molecule has 2 bridgehead atoms. The highest BCUT2D eigenvalue weighted by atomic mass is 19.4. The second-order valence-corrected chi connectivity index (χ2v) is 10.6. The molecule has 0 N–H and O–H groups in total. The molecule has 1 aliphatic carbocycles. The number of nitrogens with zero attached hydrogens (tertiary/aromatic N) is 6. The number of benzene rings is 1. The molecule has 1 aromatic carbocycles. The summed E-state index contributed by atoms with van der Waals surface area (Å²) < 4.78 is 49.9. The normalized spacial score (nSPS) is 33.7. The number of pyridine rings is 1. The monoisotopic (exact) mass is 480 g/mol. The van der Waals surface area contributed by atoms with Crippen LogP contribution in [-0.4, -0.2) is 59.0 Å². The first-order valence-electron chi connectivity index (χ1n) is 12.0. The summed E-state index contributed by atoms with van der Waals surface area (Å²) in [5.41, 5.74) is -1.87. The van der Waals surface area contributed by atoms with Crippen LogP contribution >= 0.6 is 0 Å². The highest BCUT2D eigenvalue weighted by Crippen LogP contribution is 2.75. The maximum absolute atomic E-state index is 14.6. The predicted molar refractivity (Wildman–Crippen MR) is 120 cm³/mol. The molecule has 180 valence electrons. The second-order valence-electron chi connectivity index (χ2n) is 10.6. The molecule has 10 heteroatoms. The van der Waals surface area contributed by atoms with Crippen LogP contribution in [0.15, 0.2) is 34.9 Å². The Hall–Kier alpha value is -3.19. The number of piperidine rings is 4. The summed E-state index contributed by atoms with van der Waals surface area (Å²) in [5.74, 6) is 0.626. The van der Waals surface area contributed by atoms with E-state index in [1.54, 1.807) is 35.4 Å². The van der Waals surface area contributed by atoms with Crippen molar-refractivity contribution in [3.05, 3.63) is 47.8 Å². The number of nitriles is 1. The van der Waals surface area contributed by atoms with Gasteiger partial charge in [-0.05, 0) is 69.6 Å². The zero-order valence-electron chi connectivity index (χ0n) is 19.0. The highest BCUT2D eigenvalue weighted by Gasteiger charge is 2.86. The summed E-state index contributed by atoms with van der Waals surface area (Å²) in [6.45, 7) is 2.82. The van der Waals surface area contributed by atoms with E-state index >= 15 is 0 Å². The molecule has 4 aliphatic heterocycles. The molecule has 4 saturated heterocycles. The maximum Gasteiger partial charge on any atom is 0.397 e. The maximum atomic E-state index is 14.6. The molecule has 1 saturated carbocycles. The summed E-state index contributed by atoms with van der Waals surface area (Å²) >= 11 is 0. The predicted octanol–water partition coefficient (Wildman–Crippen LogP) is 3.94. The van der Waals surface area contributed by atoms with Gasteiger partial charge >= 0.3 is 6.18 Å². The number of alkyl halides is 3. The first-order valence-corrected chi connectivity index (χ1v) is 12.0. The van der Waals surface area contributed by atoms with Crippen molar-refractivity contribution in [3.63, 3.8) is 0 Å². The minimum Gasteiger partial charge on any atom is -0.424 e. The lowest BCUT2D eigenvalue weighted by Gasteiger charge is -2.46. The molecule has 2 atom stereocenters. The molecule has 35 heavy (non-hydrogen) atoms. The van der Waals surface area contributed by atoms with Gasteiger partial charge in [-0.25, -0.2) is 0 Å². The molecule has 5 aliphatic rings. The van der Waals surface area contributed by atoms with E-state index in [1.807, 2.05) is 0 Å². The van der Waals surface area contributed by atoms with E-state index in [-0.39, 0.29) is 30.8 Å². The Morgan fingerprint density at radius 3 is 2.46 bits per heavy atom. The Labute approximate surface area is 199 Å². The van der Waals surface area contributed by atoms with Crippen molar-refractivity contribution >= 4 is 16.6 Å². The van der Waals surface area contributed by atoms with Gasteiger partial charge in [-0.1, -0.05) is 0 Å². The molecule has 5 fully saturated rings. The number of hydrogen-bond donors (Lipinski definition) is 0. The molecule has 8 rings (SSSR count). The van der Waals surface area contributed by atoms with Crippen molar-refractivity contribution in [1.29, 1.82) is 5.26 Å². The molecular weight excluding hydrogens is 457 g/mol. The van der Waals surface area contributed by atoms with Gasteiger partial charge in [0.05, 0.1) is 21.9 Å². The molecule has 0 radical (unpaired) electrons. The van der Waals surface area contributed by atoms with E-state index in [9.17, 15) is 18.4 Å². The van der Waals surface area contributed by atoms with Crippen LogP contribution in [0.3, 0.4) is 0 Å². The van der Waals surface area contributed by atoms with Crippen LogP contribution < -0.4 is 4.90 Å². The number of anilines is 1. The molecule has 6 heterocycles. The lowest BCUT2D eigenvalue weighted by molar-refractivity contribution is -0.187. The number of hydrogen-bond acceptors (Lipinski definition) is 7. The van der Waals surface area contributed by atoms with E-state index in [4.69, 9.17) is 4.42 Å². The van der Waals surface area contributed by atoms with Gasteiger partial charge in [-0.2, -0.15) is 18.4 Å². The Morgan fingerprint density at radius 1 is 1.00 bits per heavy atom. The first kappa shape index (κ1) is 21.1. The van der Waals surface area contributed by atoms with Gasteiger partial charge in [0, 0.05) is 30.4 Å².